The van der Waals surface area contributed by atoms with Gasteiger partial charge in [0, 0.05) is 12.3 Å². The molecule has 0 radical (unpaired) electrons. The Morgan fingerprint density at radius 2 is 2.00 bits per heavy atom. The number of carboxylic acids is 1. The maximum Gasteiger partial charge on any atom is 0.371 e. The molecule has 0 aliphatic carbocycles. The Morgan fingerprint density at radius 1 is 1.25 bits per heavy atom. The van der Waals surface area contributed by atoms with Crippen molar-refractivity contribution in [1.82, 2.24) is 0 Å². The van der Waals surface area contributed by atoms with Crippen molar-refractivity contribution in [2.45, 2.75) is 12.3 Å². The fraction of sp³-hybridized carbons (Fsp3) is 0.214. The van der Waals surface area contributed by atoms with E-state index in [-0.39, 0.29) is 11.7 Å². The van der Waals surface area contributed by atoms with Crippen LogP contribution in [0.4, 0.5) is 0 Å². The van der Waals surface area contributed by atoms with E-state index in [2.05, 4.69) is 0 Å². The number of hydrogen-bond acceptors (Lipinski definition) is 3. The van der Waals surface area contributed by atoms with Crippen molar-refractivity contribution in [3.05, 3.63) is 57.5 Å². The molecule has 2 rings (SSSR count). The molecule has 0 fully saturated rings. The van der Waals surface area contributed by atoms with Gasteiger partial charge in [0.15, 0.2) is 0 Å². The lowest BCUT2D eigenvalue weighted by atomic mass is 9.95. The average molecular weight is 314 g/mol. The lowest BCUT2D eigenvalue weighted by Crippen LogP contribution is -2.14. The summed E-state index contributed by atoms with van der Waals surface area (Å²) in [5.74, 6) is -0.610. The van der Waals surface area contributed by atoms with Crippen LogP contribution in [-0.4, -0.2) is 17.6 Å². The van der Waals surface area contributed by atoms with Crippen molar-refractivity contribution in [3.63, 3.8) is 0 Å². The van der Waals surface area contributed by atoms with E-state index >= 15 is 0 Å². The smallest absolute Gasteiger partial charge is 0.371 e. The minimum absolute atomic E-state index is 0.0161. The SMILES string of the molecule is NCC(Cc1ccc(C(=O)O)o1)c1ccc(Cl)c(Cl)c1. The van der Waals surface area contributed by atoms with E-state index in [0.29, 0.717) is 28.8 Å². The number of carboxylic acid groups (broad SMARTS) is 1. The van der Waals surface area contributed by atoms with Crippen LogP contribution in [0.2, 0.25) is 10.0 Å². The molecule has 1 heterocycles. The predicted molar refractivity (Wildman–Crippen MR) is 77.6 cm³/mol. The monoisotopic (exact) mass is 313 g/mol. The van der Waals surface area contributed by atoms with Crippen LogP contribution in [0.5, 0.6) is 0 Å². The minimum atomic E-state index is -1.09. The summed E-state index contributed by atoms with van der Waals surface area (Å²) in [4.78, 5) is 10.8. The predicted octanol–water partition coefficient (Wildman–Crippen LogP) is 3.57. The van der Waals surface area contributed by atoms with E-state index in [4.69, 9.17) is 38.5 Å². The largest absolute Gasteiger partial charge is 0.475 e. The molecular weight excluding hydrogens is 301 g/mol. The zero-order valence-corrected chi connectivity index (χ0v) is 12.0. The van der Waals surface area contributed by atoms with Crippen LogP contribution in [0.1, 0.15) is 27.8 Å². The van der Waals surface area contributed by atoms with E-state index in [1.54, 1.807) is 18.2 Å². The highest BCUT2D eigenvalue weighted by atomic mass is 35.5. The summed E-state index contributed by atoms with van der Waals surface area (Å²) in [5, 5.41) is 9.77. The quantitative estimate of drug-likeness (QED) is 0.884. The second-order valence-corrected chi connectivity index (χ2v) is 5.20. The molecule has 0 aliphatic heterocycles. The molecule has 0 bridgehead atoms. The Bertz CT molecular complexity index is 625. The number of hydrogen-bond donors (Lipinski definition) is 2. The fourth-order valence-corrected chi connectivity index (χ4v) is 2.26. The number of carbonyl (C=O) groups is 1. The third-order valence-corrected chi connectivity index (χ3v) is 3.76. The molecule has 0 saturated carbocycles. The van der Waals surface area contributed by atoms with Crippen LogP contribution in [0.3, 0.4) is 0 Å². The van der Waals surface area contributed by atoms with Gasteiger partial charge in [-0.05, 0) is 36.4 Å². The summed E-state index contributed by atoms with van der Waals surface area (Å²) in [6.07, 6.45) is 0.502. The van der Waals surface area contributed by atoms with Crippen molar-refractivity contribution < 1.29 is 14.3 Å². The van der Waals surface area contributed by atoms with E-state index in [9.17, 15) is 4.79 Å². The highest BCUT2D eigenvalue weighted by Gasteiger charge is 2.16. The van der Waals surface area contributed by atoms with Gasteiger partial charge in [-0.1, -0.05) is 29.3 Å². The van der Waals surface area contributed by atoms with Gasteiger partial charge in [-0.25, -0.2) is 4.79 Å². The van der Waals surface area contributed by atoms with Gasteiger partial charge < -0.3 is 15.3 Å². The average Bonchev–Trinajstić information content (AvgIpc) is 2.88. The Morgan fingerprint density at radius 3 is 2.55 bits per heavy atom. The van der Waals surface area contributed by atoms with Crippen molar-refractivity contribution in [3.8, 4) is 0 Å². The van der Waals surface area contributed by atoms with Gasteiger partial charge in [0.1, 0.15) is 5.76 Å². The van der Waals surface area contributed by atoms with Crippen LogP contribution in [-0.2, 0) is 6.42 Å². The van der Waals surface area contributed by atoms with Gasteiger partial charge in [-0.15, -0.1) is 0 Å². The third kappa shape index (κ3) is 3.33. The molecule has 0 spiro atoms. The Labute approximate surface area is 126 Å². The summed E-state index contributed by atoms with van der Waals surface area (Å²) < 4.78 is 5.24. The third-order valence-electron chi connectivity index (χ3n) is 3.02. The van der Waals surface area contributed by atoms with E-state index in [0.717, 1.165) is 5.56 Å². The number of aromatic carboxylic acids is 1. The lowest BCUT2D eigenvalue weighted by molar-refractivity contribution is 0.0660. The first-order chi connectivity index (χ1) is 9.51. The first-order valence-corrected chi connectivity index (χ1v) is 6.74. The lowest BCUT2D eigenvalue weighted by Gasteiger charge is -2.14. The van der Waals surface area contributed by atoms with E-state index in [1.165, 1.54) is 6.07 Å². The Hall–Kier alpha value is -1.49. The zero-order valence-electron chi connectivity index (χ0n) is 10.5. The van der Waals surface area contributed by atoms with Gasteiger partial charge in [0.05, 0.1) is 10.0 Å². The molecule has 1 aromatic carbocycles. The van der Waals surface area contributed by atoms with Gasteiger partial charge >= 0.3 is 5.97 Å². The first-order valence-electron chi connectivity index (χ1n) is 5.98. The van der Waals surface area contributed by atoms with Crippen LogP contribution in [0, 0.1) is 0 Å². The first kappa shape index (κ1) is 14.9. The summed E-state index contributed by atoms with van der Waals surface area (Å²) in [6, 6.07) is 8.41. The number of benzene rings is 1. The highest BCUT2D eigenvalue weighted by Crippen LogP contribution is 2.28. The van der Waals surface area contributed by atoms with Gasteiger partial charge in [-0.3, -0.25) is 0 Å². The molecule has 2 aromatic rings. The Balaban J connectivity index is 2.19. The van der Waals surface area contributed by atoms with E-state index in [1.807, 2.05) is 6.07 Å². The van der Waals surface area contributed by atoms with Crippen molar-refractivity contribution >= 4 is 29.2 Å². The molecule has 4 nitrogen and oxygen atoms in total. The number of rotatable bonds is 5. The van der Waals surface area contributed by atoms with Crippen LogP contribution >= 0.6 is 23.2 Å². The molecule has 0 amide bonds. The topological polar surface area (TPSA) is 76.5 Å². The van der Waals surface area contributed by atoms with Crippen molar-refractivity contribution in [2.24, 2.45) is 5.73 Å². The second kappa shape index (κ2) is 6.31. The van der Waals surface area contributed by atoms with Crippen LogP contribution in [0.25, 0.3) is 0 Å². The minimum Gasteiger partial charge on any atom is -0.475 e. The Kier molecular flexibility index (Phi) is 4.70. The fourth-order valence-electron chi connectivity index (χ4n) is 1.95. The summed E-state index contributed by atoms with van der Waals surface area (Å²) in [7, 11) is 0. The molecule has 3 N–H and O–H groups in total. The molecule has 20 heavy (non-hydrogen) atoms. The number of nitrogens with two attached hydrogens (primary N) is 1. The van der Waals surface area contributed by atoms with Gasteiger partial charge in [0.2, 0.25) is 5.76 Å². The van der Waals surface area contributed by atoms with Gasteiger partial charge in [0.25, 0.3) is 0 Å². The zero-order chi connectivity index (χ0) is 14.7. The molecule has 6 heteroatoms. The molecule has 0 saturated heterocycles. The van der Waals surface area contributed by atoms with Crippen LogP contribution < -0.4 is 5.73 Å². The maximum absolute atomic E-state index is 10.8. The normalized spacial score (nSPS) is 12.3. The molecule has 0 aliphatic rings. The second-order valence-electron chi connectivity index (χ2n) is 4.38. The van der Waals surface area contributed by atoms with Crippen LogP contribution in [0.15, 0.2) is 34.7 Å². The molecular formula is C14H13Cl2NO3. The molecule has 1 atom stereocenters. The van der Waals surface area contributed by atoms with Crippen molar-refractivity contribution in [1.29, 1.82) is 0 Å². The number of halogens is 2. The standard InChI is InChI=1S/C14H13Cl2NO3/c15-11-3-1-8(6-12(11)16)9(7-17)5-10-2-4-13(20-10)14(18)19/h1-4,6,9H,5,7,17H2,(H,18,19). The summed E-state index contributed by atoms with van der Waals surface area (Å²) in [6.45, 7) is 0.390. The summed E-state index contributed by atoms with van der Waals surface area (Å²) in [5.41, 5.74) is 6.71. The van der Waals surface area contributed by atoms with Gasteiger partial charge in [-0.2, -0.15) is 0 Å². The maximum atomic E-state index is 10.8. The molecule has 1 aromatic heterocycles. The van der Waals surface area contributed by atoms with E-state index < -0.39 is 5.97 Å². The molecule has 1 unspecified atom stereocenters. The number of furan rings is 1. The molecule has 106 valence electrons. The highest BCUT2D eigenvalue weighted by molar-refractivity contribution is 6.42. The van der Waals surface area contributed by atoms with Crippen molar-refractivity contribution in [2.75, 3.05) is 6.54 Å². The summed E-state index contributed by atoms with van der Waals surface area (Å²) >= 11 is 11.9.